The molecule has 0 saturated carbocycles. The number of aromatic nitrogens is 1. The van der Waals surface area contributed by atoms with Gasteiger partial charge in [0.25, 0.3) is 0 Å². The molecule has 0 radical (unpaired) electrons. The molecule has 0 spiro atoms. The molecule has 1 rings (SSSR count). The first kappa shape index (κ1) is 20.0. The van der Waals surface area contributed by atoms with Gasteiger partial charge in [0.1, 0.15) is 0 Å². The highest BCUT2D eigenvalue weighted by atomic mass is 31.2. The lowest BCUT2D eigenvalue weighted by atomic mass is 10.1. The topological polar surface area (TPSA) is 119 Å². The minimum atomic E-state index is -4.93. The van der Waals surface area contributed by atoms with Gasteiger partial charge in [-0.25, -0.2) is 4.57 Å². The summed E-state index contributed by atoms with van der Waals surface area (Å²) in [5, 5.41) is -2.05. The van der Waals surface area contributed by atoms with Crippen LogP contribution < -0.4 is 4.57 Å². The maximum absolute atomic E-state index is 11.3. The van der Waals surface area contributed by atoms with Crippen LogP contribution in [-0.2, 0) is 22.1 Å². The van der Waals surface area contributed by atoms with E-state index in [0.29, 0.717) is 6.42 Å². The molecule has 0 atom stereocenters. The van der Waals surface area contributed by atoms with Crippen molar-refractivity contribution in [1.82, 2.24) is 0 Å². The third-order valence-electron chi connectivity index (χ3n) is 3.00. The van der Waals surface area contributed by atoms with Crippen molar-refractivity contribution >= 4 is 15.2 Å². The van der Waals surface area contributed by atoms with Gasteiger partial charge in [0.05, 0.1) is 0 Å². The third-order valence-corrected chi connectivity index (χ3v) is 6.69. The van der Waals surface area contributed by atoms with E-state index in [9.17, 15) is 28.7 Å². The smallest absolute Gasteiger partial charge is 0.324 e. The summed E-state index contributed by atoms with van der Waals surface area (Å²) < 4.78 is 24.1. The summed E-state index contributed by atoms with van der Waals surface area (Å²) in [5.74, 6) is 0. The summed E-state index contributed by atoms with van der Waals surface area (Å²) in [6.45, 7) is 5.31. The van der Waals surface area contributed by atoms with Crippen LogP contribution in [0.5, 0.6) is 0 Å². The minimum Gasteiger partial charge on any atom is -0.324 e. The average Bonchev–Trinajstić information content (AvgIpc) is 2.32. The number of hydrogen-bond donors (Lipinski definition) is 4. The largest absolute Gasteiger partial charge is 0.347 e. The number of nitrogens with zero attached hydrogens (tertiary/aromatic N) is 1. The van der Waals surface area contributed by atoms with Crippen molar-refractivity contribution in [2.75, 3.05) is 0 Å². The Morgan fingerprint density at radius 1 is 1.17 bits per heavy atom. The lowest BCUT2D eigenvalue weighted by Gasteiger charge is -2.16. The molecule has 0 fully saturated rings. The van der Waals surface area contributed by atoms with E-state index in [1.165, 1.54) is 10.8 Å². The predicted molar refractivity (Wildman–Crippen MR) is 85.8 cm³/mol. The van der Waals surface area contributed by atoms with Gasteiger partial charge < -0.3 is 19.6 Å². The SMILES string of the molecule is CC(C)=C=C(C)Cc1ccc[n+](CC(P(=O)(O)O)P(=O)(O)O)c1. The molecule has 9 heteroatoms. The van der Waals surface area contributed by atoms with Gasteiger partial charge in [-0.1, -0.05) is 0 Å². The Morgan fingerprint density at radius 3 is 2.22 bits per heavy atom. The van der Waals surface area contributed by atoms with Gasteiger partial charge in [-0.15, -0.1) is 5.73 Å². The maximum atomic E-state index is 11.3. The summed E-state index contributed by atoms with van der Waals surface area (Å²) in [6, 6.07) is 3.50. The molecule has 1 aromatic rings. The predicted octanol–water partition coefficient (Wildman–Crippen LogP) is 1.71. The van der Waals surface area contributed by atoms with Crippen LogP contribution in [0.4, 0.5) is 0 Å². The molecule has 0 saturated heterocycles. The molecule has 1 aromatic heterocycles. The molecule has 0 aliphatic carbocycles. The summed E-state index contributed by atoms with van der Waals surface area (Å²) >= 11 is 0. The molecule has 0 amide bonds. The first-order chi connectivity index (χ1) is 10.4. The molecule has 0 aliphatic rings. The molecule has 0 unspecified atom stereocenters. The Labute approximate surface area is 135 Å². The van der Waals surface area contributed by atoms with E-state index in [1.807, 2.05) is 26.8 Å². The summed E-state index contributed by atoms with van der Waals surface area (Å²) in [5.41, 5.74) is 6.06. The molecule has 1 heterocycles. The fourth-order valence-corrected chi connectivity index (χ4v) is 4.54. The molecular formula is C14H22NO6P2+. The van der Waals surface area contributed by atoms with Crippen molar-refractivity contribution in [3.8, 4) is 0 Å². The monoisotopic (exact) mass is 362 g/mol. The van der Waals surface area contributed by atoms with Gasteiger partial charge in [0, 0.05) is 18.1 Å². The van der Waals surface area contributed by atoms with Crippen LogP contribution in [0.1, 0.15) is 26.3 Å². The lowest BCUT2D eigenvalue weighted by Crippen LogP contribution is -2.39. The standard InChI is InChI=1S/C14H21NO6P2/c1-11(2)7-12(3)8-13-5-4-6-15(9-13)10-14(22(16,17)18)23(19,20)21/h4-6,9,14H,8,10H2,1-3H3,(H3-,16,17,18,19,20,21)/p+1. The second-order valence-corrected chi connectivity index (χ2v) is 9.66. The van der Waals surface area contributed by atoms with Gasteiger partial charge in [0.2, 0.25) is 5.40 Å². The van der Waals surface area contributed by atoms with Crippen LogP contribution in [0.15, 0.2) is 41.4 Å². The van der Waals surface area contributed by atoms with Crippen LogP contribution in [-0.4, -0.2) is 25.0 Å². The van der Waals surface area contributed by atoms with E-state index >= 15 is 0 Å². The number of allylic oxidation sites excluding steroid dienone is 1. The Balaban J connectivity index is 3.08. The normalized spacial score (nSPS) is 12.2. The first-order valence-electron chi connectivity index (χ1n) is 6.87. The molecular weight excluding hydrogens is 340 g/mol. The Kier molecular flexibility index (Phi) is 6.70. The quantitative estimate of drug-likeness (QED) is 0.348. The zero-order chi connectivity index (χ0) is 17.8. The Hall–Kier alpha value is -1.03. The van der Waals surface area contributed by atoms with Crippen molar-refractivity contribution in [1.29, 1.82) is 0 Å². The second-order valence-electron chi connectivity index (χ2n) is 5.65. The van der Waals surface area contributed by atoms with Crippen molar-refractivity contribution in [2.45, 2.75) is 39.1 Å². The summed E-state index contributed by atoms with van der Waals surface area (Å²) in [4.78, 5) is 36.7. The average molecular weight is 362 g/mol. The van der Waals surface area contributed by atoms with E-state index in [-0.39, 0.29) is 0 Å². The molecule has 0 aliphatic heterocycles. The van der Waals surface area contributed by atoms with Gasteiger partial charge in [-0.3, -0.25) is 9.13 Å². The number of pyridine rings is 1. The highest BCUT2D eigenvalue weighted by Gasteiger charge is 2.46. The van der Waals surface area contributed by atoms with E-state index in [0.717, 1.165) is 16.7 Å². The Morgan fingerprint density at radius 2 is 1.74 bits per heavy atom. The van der Waals surface area contributed by atoms with Crippen molar-refractivity contribution in [3.63, 3.8) is 0 Å². The van der Waals surface area contributed by atoms with E-state index in [4.69, 9.17) is 0 Å². The van der Waals surface area contributed by atoms with E-state index in [1.54, 1.807) is 12.3 Å². The maximum Gasteiger partial charge on any atom is 0.347 e. The first-order valence-corrected chi connectivity index (χ1v) is 10.2. The molecule has 0 bridgehead atoms. The number of hydrogen-bond acceptors (Lipinski definition) is 2. The number of rotatable bonds is 6. The molecule has 7 nitrogen and oxygen atoms in total. The molecule has 0 aromatic carbocycles. The Bertz CT molecular complexity index is 701. The summed E-state index contributed by atoms with van der Waals surface area (Å²) in [6.07, 6.45) is 3.72. The van der Waals surface area contributed by atoms with Crippen LogP contribution in [0.25, 0.3) is 0 Å². The van der Waals surface area contributed by atoms with Crippen molar-refractivity contribution < 1.29 is 33.3 Å². The molecule has 23 heavy (non-hydrogen) atoms. The van der Waals surface area contributed by atoms with Gasteiger partial charge in [0.15, 0.2) is 18.9 Å². The summed E-state index contributed by atoms with van der Waals surface area (Å²) in [7, 11) is -9.86. The zero-order valence-corrected chi connectivity index (χ0v) is 15.0. The van der Waals surface area contributed by atoms with Crippen LogP contribution in [0.3, 0.4) is 0 Å². The van der Waals surface area contributed by atoms with Crippen LogP contribution in [0.2, 0.25) is 0 Å². The molecule has 4 N–H and O–H groups in total. The van der Waals surface area contributed by atoms with E-state index < -0.39 is 27.1 Å². The van der Waals surface area contributed by atoms with E-state index in [2.05, 4.69) is 5.73 Å². The molecule has 128 valence electrons. The van der Waals surface area contributed by atoms with Gasteiger partial charge in [-0.2, -0.15) is 0 Å². The van der Waals surface area contributed by atoms with Crippen LogP contribution in [0, 0.1) is 0 Å². The fourth-order valence-electron chi connectivity index (χ4n) is 2.17. The minimum absolute atomic E-state index is 0.464. The van der Waals surface area contributed by atoms with Crippen molar-refractivity contribution in [2.24, 2.45) is 0 Å². The van der Waals surface area contributed by atoms with Gasteiger partial charge >= 0.3 is 15.2 Å². The fraction of sp³-hybridized carbons (Fsp3) is 0.429. The highest BCUT2D eigenvalue weighted by molar-refractivity contribution is 7.70. The van der Waals surface area contributed by atoms with Gasteiger partial charge in [-0.05, 0) is 38.0 Å². The third kappa shape index (κ3) is 6.94. The second kappa shape index (κ2) is 7.69. The highest BCUT2D eigenvalue weighted by Crippen LogP contribution is 2.59. The lowest BCUT2D eigenvalue weighted by molar-refractivity contribution is -0.695. The zero-order valence-electron chi connectivity index (χ0n) is 13.2. The van der Waals surface area contributed by atoms with Crippen molar-refractivity contribution in [3.05, 3.63) is 47.0 Å². The van der Waals surface area contributed by atoms with Crippen LogP contribution >= 0.6 is 15.2 Å².